The summed E-state index contributed by atoms with van der Waals surface area (Å²) < 4.78 is 2.23. The van der Waals surface area contributed by atoms with Gasteiger partial charge >= 0.3 is 0 Å². The first-order chi connectivity index (χ1) is 13.3. The van der Waals surface area contributed by atoms with Crippen molar-refractivity contribution in [3.05, 3.63) is 96.1 Å². The molecule has 134 valence electrons. The molecule has 2 aromatic heterocycles. The first-order valence-electron chi connectivity index (χ1n) is 8.97. The lowest BCUT2D eigenvalue weighted by atomic mass is 10.2. The highest BCUT2D eigenvalue weighted by Crippen LogP contribution is 2.18. The van der Waals surface area contributed by atoms with Crippen LogP contribution < -0.4 is 5.32 Å². The number of carbonyl (C=O) groups excluding carboxylic acids is 1. The van der Waals surface area contributed by atoms with Gasteiger partial charge in [-0.3, -0.25) is 9.78 Å². The van der Waals surface area contributed by atoms with Gasteiger partial charge in [0.05, 0.1) is 11.0 Å². The van der Waals surface area contributed by atoms with Gasteiger partial charge in [-0.1, -0.05) is 42.5 Å². The van der Waals surface area contributed by atoms with Gasteiger partial charge in [0.25, 0.3) is 5.91 Å². The van der Waals surface area contributed by atoms with Gasteiger partial charge in [0.15, 0.2) is 0 Å². The van der Waals surface area contributed by atoms with E-state index >= 15 is 0 Å². The Labute approximate surface area is 157 Å². The zero-order valence-electron chi connectivity index (χ0n) is 14.9. The Balaban J connectivity index is 1.52. The van der Waals surface area contributed by atoms with Crippen LogP contribution in [0.3, 0.4) is 0 Å². The van der Waals surface area contributed by atoms with Gasteiger partial charge < -0.3 is 9.88 Å². The van der Waals surface area contributed by atoms with E-state index in [-0.39, 0.29) is 5.91 Å². The fourth-order valence-electron chi connectivity index (χ4n) is 3.15. The molecule has 5 heteroatoms. The Bertz CT molecular complexity index is 1040. The van der Waals surface area contributed by atoms with Crippen LogP contribution in [-0.2, 0) is 13.0 Å². The number of carbonyl (C=O) groups is 1. The second kappa shape index (κ2) is 7.83. The van der Waals surface area contributed by atoms with Crippen LogP contribution >= 0.6 is 0 Å². The smallest absolute Gasteiger partial charge is 0.251 e. The number of rotatable bonds is 6. The van der Waals surface area contributed by atoms with Crippen molar-refractivity contribution in [2.24, 2.45) is 0 Å². The quantitative estimate of drug-likeness (QED) is 0.576. The molecular formula is C22H20N4O. The molecule has 0 radical (unpaired) electrons. The fourth-order valence-corrected chi connectivity index (χ4v) is 3.15. The number of amides is 1. The number of fused-ring (bicyclic) bond motifs is 1. The number of hydrogen-bond acceptors (Lipinski definition) is 3. The van der Waals surface area contributed by atoms with Crippen molar-refractivity contribution >= 4 is 16.9 Å². The summed E-state index contributed by atoms with van der Waals surface area (Å²) in [7, 11) is 0. The van der Waals surface area contributed by atoms with Crippen molar-refractivity contribution in [2.75, 3.05) is 6.54 Å². The van der Waals surface area contributed by atoms with Gasteiger partial charge in [0.2, 0.25) is 0 Å². The van der Waals surface area contributed by atoms with E-state index in [1.807, 2.05) is 36.4 Å². The summed E-state index contributed by atoms with van der Waals surface area (Å²) in [6.45, 7) is 1.29. The molecule has 27 heavy (non-hydrogen) atoms. The maximum absolute atomic E-state index is 12.2. The molecule has 0 bridgehead atoms. The van der Waals surface area contributed by atoms with E-state index < -0.39 is 0 Å². The summed E-state index contributed by atoms with van der Waals surface area (Å²) in [5, 5.41) is 2.96. The summed E-state index contributed by atoms with van der Waals surface area (Å²) in [5.41, 5.74) is 3.92. The second-order valence-corrected chi connectivity index (χ2v) is 6.33. The first kappa shape index (κ1) is 17.0. The third kappa shape index (κ3) is 3.87. The van der Waals surface area contributed by atoms with E-state index in [2.05, 4.69) is 33.1 Å². The van der Waals surface area contributed by atoms with Gasteiger partial charge in [-0.2, -0.15) is 0 Å². The van der Waals surface area contributed by atoms with E-state index in [0.29, 0.717) is 18.5 Å². The molecule has 1 amide bonds. The lowest BCUT2D eigenvalue weighted by Crippen LogP contribution is -2.26. The summed E-state index contributed by atoms with van der Waals surface area (Å²) >= 11 is 0. The number of para-hydroxylation sites is 2. The molecule has 5 nitrogen and oxygen atoms in total. The predicted octanol–water partition coefficient (Wildman–Crippen LogP) is 3.45. The van der Waals surface area contributed by atoms with Crippen molar-refractivity contribution < 1.29 is 4.79 Å². The molecule has 0 atom stereocenters. The zero-order valence-corrected chi connectivity index (χ0v) is 14.9. The Morgan fingerprint density at radius 1 is 0.926 bits per heavy atom. The molecule has 0 aliphatic heterocycles. The average Bonchev–Trinajstić information content (AvgIpc) is 3.07. The minimum atomic E-state index is -0.0943. The van der Waals surface area contributed by atoms with Crippen LogP contribution in [0.25, 0.3) is 11.0 Å². The number of nitrogens with zero attached hydrogens (tertiary/aromatic N) is 3. The predicted molar refractivity (Wildman–Crippen MR) is 106 cm³/mol. The van der Waals surface area contributed by atoms with Crippen LogP contribution in [-0.4, -0.2) is 27.0 Å². The standard InChI is InChI=1S/C22H20N4O/c27-22(18-10-13-23-14-11-18)24-15-12-21-25-19-8-4-5-9-20(19)26(21)16-17-6-2-1-3-7-17/h1-11,13-14H,12,15-16H2,(H,24,27). The van der Waals surface area contributed by atoms with Gasteiger partial charge in [-0.25, -0.2) is 4.98 Å². The molecule has 0 saturated heterocycles. The highest BCUT2D eigenvalue weighted by atomic mass is 16.1. The summed E-state index contributed by atoms with van der Waals surface area (Å²) in [5.74, 6) is 0.873. The van der Waals surface area contributed by atoms with E-state index in [1.54, 1.807) is 24.5 Å². The van der Waals surface area contributed by atoms with E-state index in [9.17, 15) is 4.79 Å². The lowest BCUT2D eigenvalue weighted by Gasteiger charge is -2.10. The molecule has 0 unspecified atom stereocenters. The molecule has 1 N–H and O–H groups in total. The maximum Gasteiger partial charge on any atom is 0.251 e. The molecule has 4 aromatic rings. The number of aromatic nitrogens is 3. The van der Waals surface area contributed by atoms with Crippen molar-refractivity contribution in [3.8, 4) is 0 Å². The molecule has 0 spiro atoms. The highest BCUT2D eigenvalue weighted by Gasteiger charge is 2.11. The van der Waals surface area contributed by atoms with E-state index in [0.717, 1.165) is 23.4 Å². The Hall–Kier alpha value is -3.47. The summed E-state index contributed by atoms with van der Waals surface area (Å²) in [6, 6.07) is 21.9. The molecule has 0 aliphatic carbocycles. The largest absolute Gasteiger partial charge is 0.352 e. The third-order valence-corrected chi connectivity index (χ3v) is 4.49. The highest BCUT2D eigenvalue weighted by molar-refractivity contribution is 5.93. The first-order valence-corrected chi connectivity index (χ1v) is 8.97. The molecule has 0 saturated carbocycles. The minimum Gasteiger partial charge on any atom is -0.352 e. The Morgan fingerprint density at radius 3 is 2.48 bits per heavy atom. The van der Waals surface area contributed by atoms with Crippen LogP contribution in [0.4, 0.5) is 0 Å². The van der Waals surface area contributed by atoms with E-state index in [1.165, 1.54) is 5.56 Å². The number of imidazole rings is 1. The molecule has 2 aromatic carbocycles. The SMILES string of the molecule is O=C(NCCc1nc2ccccc2n1Cc1ccccc1)c1ccncc1. The van der Waals surface area contributed by atoms with Crippen LogP contribution in [0.1, 0.15) is 21.7 Å². The van der Waals surface area contributed by atoms with Gasteiger partial charge in [0.1, 0.15) is 5.82 Å². The second-order valence-electron chi connectivity index (χ2n) is 6.33. The van der Waals surface area contributed by atoms with Crippen LogP contribution in [0.2, 0.25) is 0 Å². The van der Waals surface area contributed by atoms with Gasteiger partial charge in [0, 0.05) is 37.5 Å². The molecule has 0 aliphatic rings. The summed E-state index contributed by atoms with van der Waals surface area (Å²) in [4.78, 5) is 20.9. The molecule has 0 fully saturated rings. The zero-order chi connectivity index (χ0) is 18.5. The topological polar surface area (TPSA) is 59.8 Å². The molecule has 4 rings (SSSR count). The monoisotopic (exact) mass is 356 g/mol. The fraction of sp³-hybridized carbons (Fsp3) is 0.136. The Kier molecular flexibility index (Phi) is 4.92. The third-order valence-electron chi connectivity index (χ3n) is 4.49. The minimum absolute atomic E-state index is 0.0943. The molecule has 2 heterocycles. The lowest BCUT2D eigenvalue weighted by molar-refractivity contribution is 0.0954. The number of pyridine rings is 1. The van der Waals surface area contributed by atoms with Crippen molar-refractivity contribution in [1.82, 2.24) is 19.9 Å². The average molecular weight is 356 g/mol. The van der Waals surface area contributed by atoms with Crippen molar-refractivity contribution in [3.63, 3.8) is 0 Å². The number of nitrogens with one attached hydrogen (secondary N) is 1. The summed E-state index contributed by atoms with van der Waals surface area (Å²) in [6.07, 6.45) is 3.90. The van der Waals surface area contributed by atoms with E-state index in [4.69, 9.17) is 4.98 Å². The van der Waals surface area contributed by atoms with Crippen molar-refractivity contribution in [1.29, 1.82) is 0 Å². The van der Waals surface area contributed by atoms with Crippen LogP contribution in [0.5, 0.6) is 0 Å². The normalized spacial score (nSPS) is 10.8. The number of benzene rings is 2. The van der Waals surface area contributed by atoms with Gasteiger partial charge in [-0.05, 0) is 29.8 Å². The van der Waals surface area contributed by atoms with Crippen LogP contribution in [0.15, 0.2) is 79.1 Å². The maximum atomic E-state index is 12.2. The van der Waals surface area contributed by atoms with Crippen LogP contribution in [0, 0.1) is 0 Å². The molecular weight excluding hydrogens is 336 g/mol. The van der Waals surface area contributed by atoms with Gasteiger partial charge in [-0.15, -0.1) is 0 Å². The Morgan fingerprint density at radius 2 is 1.67 bits per heavy atom. The van der Waals surface area contributed by atoms with Crippen molar-refractivity contribution in [2.45, 2.75) is 13.0 Å². The number of hydrogen-bond donors (Lipinski definition) is 1.